The van der Waals surface area contributed by atoms with Crippen LogP contribution in [0.3, 0.4) is 0 Å². The highest BCUT2D eigenvalue weighted by molar-refractivity contribution is 9.10. The van der Waals surface area contributed by atoms with Gasteiger partial charge in [-0.05, 0) is 33.6 Å². The molecule has 0 aliphatic carbocycles. The largest absolute Gasteiger partial charge is 0.497 e. The third kappa shape index (κ3) is 2.65. The second-order valence-corrected chi connectivity index (χ2v) is 3.78. The van der Waals surface area contributed by atoms with Gasteiger partial charge in [-0.3, -0.25) is 0 Å². The summed E-state index contributed by atoms with van der Waals surface area (Å²) in [5, 5.41) is 9.22. The summed E-state index contributed by atoms with van der Waals surface area (Å²) in [6.45, 7) is 0. The van der Waals surface area contributed by atoms with E-state index in [-0.39, 0.29) is 5.56 Å². The van der Waals surface area contributed by atoms with Crippen molar-refractivity contribution in [3.8, 4) is 5.75 Å². The highest BCUT2D eigenvalue weighted by atomic mass is 79.9. The molecule has 0 fully saturated rings. The summed E-state index contributed by atoms with van der Waals surface area (Å²) >= 11 is 2.10. The molecular weight excluding hydrogens is 258 g/mol. The van der Waals surface area contributed by atoms with Gasteiger partial charge in [0.15, 0.2) is 6.10 Å². The SMILES string of the molecule is COc1cccc(C(O)C(F)(F)Br)c1. The van der Waals surface area contributed by atoms with Gasteiger partial charge in [0.05, 0.1) is 7.11 Å². The second-order valence-electron chi connectivity index (χ2n) is 2.72. The number of ether oxygens (including phenoxy) is 1. The normalized spacial score (nSPS) is 13.8. The molecule has 0 saturated carbocycles. The van der Waals surface area contributed by atoms with Crippen LogP contribution in [-0.2, 0) is 0 Å². The number of halogens is 3. The summed E-state index contributed by atoms with van der Waals surface area (Å²) in [6.07, 6.45) is -1.88. The summed E-state index contributed by atoms with van der Waals surface area (Å²) in [7, 11) is 1.43. The molecule has 2 nitrogen and oxygen atoms in total. The summed E-state index contributed by atoms with van der Waals surface area (Å²) in [6, 6.07) is 5.92. The number of aliphatic hydroxyl groups excluding tert-OH is 1. The molecule has 14 heavy (non-hydrogen) atoms. The number of rotatable bonds is 3. The van der Waals surface area contributed by atoms with Gasteiger partial charge in [0, 0.05) is 0 Å². The molecule has 0 aromatic heterocycles. The van der Waals surface area contributed by atoms with E-state index in [1.54, 1.807) is 6.07 Å². The lowest BCUT2D eigenvalue weighted by atomic mass is 10.1. The molecule has 1 rings (SSSR count). The highest BCUT2D eigenvalue weighted by Gasteiger charge is 2.36. The van der Waals surface area contributed by atoms with Gasteiger partial charge in [0.2, 0.25) is 0 Å². The number of alkyl halides is 3. The molecule has 0 aliphatic heterocycles. The third-order valence-electron chi connectivity index (χ3n) is 1.72. The first-order chi connectivity index (χ1) is 6.45. The molecule has 0 radical (unpaired) electrons. The average molecular weight is 267 g/mol. The third-order valence-corrected chi connectivity index (χ3v) is 2.15. The van der Waals surface area contributed by atoms with Crippen molar-refractivity contribution in [3.63, 3.8) is 0 Å². The van der Waals surface area contributed by atoms with Crippen LogP contribution in [0.2, 0.25) is 0 Å². The lowest BCUT2D eigenvalue weighted by Gasteiger charge is -2.16. The van der Waals surface area contributed by atoms with Crippen molar-refractivity contribution >= 4 is 15.9 Å². The summed E-state index contributed by atoms with van der Waals surface area (Å²) in [4.78, 5) is -3.33. The Hall–Kier alpha value is -0.680. The van der Waals surface area contributed by atoms with Crippen LogP contribution in [0.1, 0.15) is 11.7 Å². The molecule has 0 spiro atoms. The van der Waals surface area contributed by atoms with Crippen LogP contribution in [0.15, 0.2) is 24.3 Å². The van der Waals surface area contributed by atoms with Crippen molar-refractivity contribution in [1.82, 2.24) is 0 Å². The van der Waals surface area contributed by atoms with Gasteiger partial charge >= 0.3 is 4.83 Å². The van der Waals surface area contributed by atoms with E-state index in [1.807, 2.05) is 0 Å². The molecule has 0 bridgehead atoms. The van der Waals surface area contributed by atoms with Gasteiger partial charge in [-0.1, -0.05) is 12.1 Å². The Morgan fingerprint density at radius 2 is 2.14 bits per heavy atom. The minimum atomic E-state index is -3.33. The number of benzene rings is 1. The number of aliphatic hydroxyl groups is 1. The maximum absolute atomic E-state index is 12.7. The molecule has 0 amide bonds. The van der Waals surface area contributed by atoms with Crippen LogP contribution in [0.25, 0.3) is 0 Å². The zero-order chi connectivity index (χ0) is 10.8. The fraction of sp³-hybridized carbons (Fsp3) is 0.333. The van der Waals surface area contributed by atoms with Gasteiger partial charge < -0.3 is 9.84 Å². The topological polar surface area (TPSA) is 29.5 Å². The quantitative estimate of drug-likeness (QED) is 0.853. The summed E-state index contributed by atoms with van der Waals surface area (Å²) in [5.41, 5.74) is 0.103. The Balaban J connectivity index is 2.95. The standard InChI is InChI=1S/C9H9BrF2O2/c1-14-7-4-2-3-6(5-7)8(13)9(10,11)12/h2-5,8,13H,1H3. The van der Waals surface area contributed by atoms with Gasteiger partial charge in [-0.2, -0.15) is 8.78 Å². The van der Waals surface area contributed by atoms with Gasteiger partial charge in [0.1, 0.15) is 5.75 Å². The van der Waals surface area contributed by atoms with Crippen LogP contribution in [0.5, 0.6) is 5.75 Å². The van der Waals surface area contributed by atoms with Gasteiger partial charge in [-0.25, -0.2) is 0 Å². The van der Waals surface area contributed by atoms with E-state index in [0.29, 0.717) is 5.75 Å². The molecule has 78 valence electrons. The Kier molecular flexibility index (Phi) is 3.44. The number of methoxy groups -OCH3 is 1. The van der Waals surface area contributed by atoms with E-state index in [1.165, 1.54) is 25.3 Å². The molecule has 1 aromatic rings. The van der Waals surface area contributed by atoms with Crippen molar-refractivity contribution in [3.05, 3.63) is 29.8 Å². The zero-order valence-corrected chi connectivity index (χ0v) is 8.96. The Bertz CT molecular complexity index is 312. The van der Waals surface area contributed by atoms with Gasteiger partial charge in [-0.15, -0.1) is 0 Å². The van der Waals surface area contributed by atoms with E-state index in [9.17, 15) is 13.9 Å². The monoisotopic (exact) mass is 266 g/mol. The van der Waals surface area contributed by atoms with Crippen molar-refractivity contribution in [1.29, 1.82) is 0 Å². The lowest BCUT2D eigenvalue weighted by Crippen LogP contribution is -2.18. The Labute approximate surface area is 88.6 Å². The lowest BCUT2D eigenvalue weighted by molar-refractivity contribution is -0.0295. The minimum Gasteiger partial charge on any atom is -0.497 e. The Morgan fingerprint density at radius 1 is 1.50 bits per heavy atom. The number of hydrogen-bond donors (Lipinski definition) is 1. The minimum absolute atomic E-state index is 0.103. The van der Waals surface area contributed by atoms with E-state index >= 15 is 0 Å². The molecule has 0 heterocycles. The van der Waals surface area contributed by atoms with E-state index in [2.05, 4.69) is 15.9 Å². The summed E-state index contributed by atoms with van der Waals surface area (Å²) < 4.78 is 30.2. The highest BCUT2D eigenvalue weighted by Crippen LogP contribution is 2.37. The smallest absolute Gasteiger partial charge is 0.330 e. The first kappa shape index (κ1) is 11.4. The molecule has 1 unspecified atom stereocenters. The maximum atomic E-state index is 12.7. The van der Waals surface area contributed by atoms with Crippen LogP contribution < -0.4 is 4.74 Å². The predicted octanol–water partition coefficient (Wildman–Crippen LogP) is 2.72. The Morgan fingerprint density at radius 3 is 2.64 bits per heavy atom. The van der Waals surface area contributed by atoms with Crippen molar-refractivity contribution in [2.45, 2.75) is 10.9 Å². The molecule has 5 heteroatoms. The van der Waals surface area contributed by atoms with Crippen LogP contribution >= 0.6 is 15.9 Å². The predicted molar refractivity (Wildman–Crippen MR) is 51.8 cm³/mol. The first-order valence-electron chi connectivity index (χ1n) is 3.84. The van der Waals surface area contributed by atoms with Crippen LogP contribution in [0.4, 0.5) is 8.78 Å². The zero-order valence-electron chi connectivity index (χ0n) is 7.38. The molecular formula is C9H9BrF2O2. The molecule has 1 aromatic carbocycles. The van der Waals surface area contributed by atoms with E-state index in [0.717, 1.165) is 0 Å². The van der Waals surface area contributed by atoms with E-state index in [4.69, 9.17) is 4.74 Å². The maximum Gasteiger partial charge on any atom is 0.330 e. The van der Waals surface area contributed by atoms with Crippen molar-refractivity contribution in [2.75, 3.05) is 7.11 Å². The fourth-order valence-electron chi connectivity index (χ4n) is 1.00. The van der Waals surface area contributed by atoms with E-state index < -0.39 is 10.9 Å². The van der Waals surface area contributed by atoms with Gasteiger partial charge in [0.25, 0.3) is 0 Å². The molecule has 1 N–H and O–H groups in total. The van der Waals surface area contributed by atoms with Crippen LogP contribution in [0, 0.1) is 0 Å². The molecule has 0 saturated heterocycles. The van der Waals surface area contributed by atoms with Crippen molar-refractivity contribution in [2.24, 2.45) is 0 Å². The molecule has 1 atom stereocenters. The molecule has 0 aliphatic rings. The average Bonchev–Trinajstić information content (AvgIpc) is 2.15. The fourth-order valence-corrected chi connectivity index (χ4v) is 1.26. The van der Waals surface area contributed by atoms with Crippen molar-refractivity contribution < 1.29 is 18.6 Å². The van der Waals surface area contributed by atoms with Crippen LogP contribution in [-0.4, -0.2) is 17.0 Å². The first-order valence-corrected chi connectivity index (χ1v) is 4.63. The second kappa shape index (κ2) is 4.23. The number of hydrogen-bond acceptors (Lipinski definition) is 2. The summed E-state index contributed by atoms with van der Waals surface area (Å²) in [5.74, 6) is 0.429.